The summed E-state index contributed by atoms with van der Waals surface area (Å²) in [6, 6.07) is 7.10. The van der Waals surface area contributed by atoms with Gasteiger partial charge in [-0.3, -0.25) is 0 Å². The Labute approximate surface area is 69.7 Å². The number of aromatic nitrogens is 3. The van der Waals surface area contributed by atoms with E-state index in [9.17, 15) is 0 Å². The minimum absolute atomic E-state index is 0.499. The monoisotopic (exact) mass is 159 g/mol. The van der Waals surface area contributed by atoms with Crippen molar-refractivity contribution >= 4 is 5.69 Å². The summed E-state index contributed by atoms with van der Waals surface area (Å²) < 4.78 is 1.65. The van der Waals surface area contributed by atoms with Crippen LogP contribution in [0.4, 0.5) is 5.69 Å². The van der Waals surface area contributed by atoms with Crippen LogP contribution in [0.1, 0.15) is 0 Å². The van der Waals surface area contributed by atoms with Crippen molar-refractivity contribution in [3.8, 4) is 5.69 Å². The molecule has 4 nitrogen and oxygen atoms in total. The van der Waals surface area contributed by atoms with Crippen LogP contribution < -0.4 is 5.73 Å². The number of nitrogens with one attached hydrogen (secondary N) is 1. The molecule has 0 unspecified atom stereocenters. The summed E-state index contributed by atoms with van der Waals surface area (Å²) in [4.78, 5) is 3.83. The fourth-order valence-electron chi connectivity index (χ4n) is 0.956. The Kier molecular flexibility index (Phi) is 1.51. The highest BCUT2D eigenvalue weighted by atomic mass is 15.3. The summed E-state index contributed by atoms with van der Waals surface area (Å²) in [5.74, 6) is 0. The molecule has 0 amide bonds. The molecule has 1 radical (unpaired) electrons. The van der Waals surface area contributed by atoms with Gasteiger partial charge in [0, 0.05) is 0 Å². The van der Waals surface area contributed by atoms with Gasteiger partial charge in [-0.15, -0.1) is 0 Å². The molecule has 0 aliphatic heterocycles. The molecule has 2 aromatic rings. The molecule has 2 rings (SSSR count). The van der Waals surface area contributed by atoms with Gasteiger partial charge in [0.15, 0.2) is 0 Å². The van der Waals surface area contributed by atoms with Crippen LogP contribution in [0.3, 0.4) is 0 Å². The molecule has 0 saturated heterocycles. The molecular formula is C8H7N4. The van der Waals surface area contributed by atoms with Crippen LogP contribution in [-0.4, -0.2) is 14.8 Å². The molecule has 0 aliphatic rings. The molecule has 1 aromatic carbocycles. The van der Waals surface area contributed by atoms with Crippen LogP contribution >= 0.6 is 0 Å². The van der Waals surface area contributed by atoms with Gasteiger partial charge in [0.25, 0.3) is 0 Å². The van der Waals surface area contributed by atoms with E-state index in [1.807, 2.05) is 12.1 Å². The second kappa shape index (κ2) is 2.65. The van der Waals surface area contributed by atoms with E-state index in [-0.39, 0.29) is 0 Å². The third-order valence-electron chi connectivity index (χ3n) is 1.55. The van der Waals surface area contributed by atoms with E-state index >= 15 is 0 Å². The van der Waals surface area contributed by atoms with Crippen molar-refractivity contribution in [1.29, 1.82) is 0 Å². The summed E-state index contributed by atoms with van der Waals surface area (Å²) in [5.41, 5.74) is 8.69. The zero-order chi connectivity index (χ0) is 8.39. The first-order valence-corrected chi connectivity index (χ1v) is 3.53. The Morgan fingerprint density at radius 3 is 2.50 bits per heavy atom. The van der Waals surface area contributed by atoms with Crippen molar-refractivity contribution in [3.05, 3.63) is 36.9 Å². The second-order valence-corrected chi connectivity index (χ2v) is 2.39. The van der Waals surface area contributed by atoms with Crippen LogP contribution in [0.25, 0.3) is 5.69 Å². The average molecular weight is 159 g/mol. The van der Waals surface area contributed by atoms with E-state index in [0.29, 0.717) is 5.69 Å². The molecule has 0 atom stereocenters. The lowest BCUT2D eigenvalue weighted by molar-refractivity contribution is 0.879. The first-order valence-electron chi connectivity index (χ1n) is 3.53. The van der Waals surface area contributed by atoms with E-state index < -0.39 is 0 Å². The largest absolute Gasteiger partial charge is 0.301 e. The lowest BCUT2D eigenvalue weighted by Crippen LogP contribution is -1.92. The Bertz CT molecular complexity index is 349. The van der Waals surface area contributed by atoms with Crippen molar-refractivity contribution in [2.45, 2.75) is 0 Å². The topological polar surface area (TPSA) is 54.5 Å². The maximum Gasteiger partial charge on any atom is 0.138 e. The number of rotatable bonds is 1. The first-order chi connectivity index (χ1) is 5.86. The van der Waals surface area contributed by atoms with Crippen molar-refractivity contribution in [3.63, 3.8) is 0 Å². The molecule has 1 aromatic heterocycles. The predicted octanol–water partition coefficient (Wildman–Crippen LogP) is 1.18. The molecule has 59 valence electrons. The van der Waals surface area contributed by atoms with E-state index in [2.05, 4.69) is 10.1 Å². The standard InChI is InChI=1S/C8H7N4/c9-7-1-3-8(4-2-7)12-6-10-5-11-12/h1-6,9H. The van der Waals surface area contributed by atoms with Gasteiger partial charge in [-0.25, -0.2) is 9.67 Å². The maximum atomic E-state index is 7.27. The van der Waals surface area contributed by atoms with E-state index in [1.165, 1.54) is 6.33 Å². The average Bonchev–Trinajstić information content (AvgIpc) is 2.58. The van der Waals surface area contributed by atoms with Crippen molar-refractivity contribution in [2.24, 2.45) is 0 Å². The third kappa shape index (κ3) is 1.14. The van der Waals surface area contributed by atoms with Gasteiger partial charge >= 0.3 is 0 Å². The summed E-state index contributed by atoms with van der Waals surface area (Å²) in [6.07, 6.45) is 3.10. The van der Waals surface area contributed by atoms with E-state index in [0.717, 1.165) is 5.69 Å². The highest BCUT2D eigenvalue weighted by Crippen LogP contribution is 2.09. The predicted molar refractivity (Wildman–Crippen MR) is 44.1 cm³/mol. The van der Waals surface area contributed by atoms with Gasteiger partial charge in [-0.05, 0) is 24.3 Å². The van der Waals surface area contributed by atoms with Crippen LogP contribution in [-0.2, 0) is 0 Å². The molecule has 0 saturated carbocycles. The Morgan fingerprint density at radius 1 is 1.17 bits per heavy atom. The molecule has 0 fully saturated rings. The van der Waals surface area contributed by atoms with E-state index in [1.54, 1.807) is 23.1 Å². The number of nitrogens with zero attached hydrogens (tertiary/aromatic N) is 3. The minimum Gasteiger partial charge on any atom is -0.301 e. The molecule has 4 heteroatoms. The van der Waals surface area contributed by atoms with Gasteiger partial charge in [0.1, 0.15) is 12.7 Å². The zero-order valence-corrected chi connectivity index (χ0v) is 6.31. The minimum atomic E-state index is 0.499. The van der Waals surface area contributed by atoms with Crippen LogP contribution in [0.15, 0.2) is 36.9 Å². The highest BCUT2D eigenvalue weighted by Gasteiger charge is 1.94. The Balaban J connectivity index is 2.43. The lowest BCUT2D eigenvalue weighted by atomic mass is 10.3. The first kappa shape index (κ1) is 6.84. The quantitative estimate of drug-likeness (QED) is 0.627. The Hall–Kier alpha value is -1.84. The summed E-state index contributed by atoms with van der Waals surface area (Å²) >= 11 is 0. The SMILES string of the molecule is [NH]c1ccc(-n2cncn2)cc1. The number of benzene rings is 1. The summed E-state index contributed by atoms with van der Waals surface area (Å²) in [7, 11) is 0. The normalized spacial score (nSPS) is 10.0. The second-order valence-electron chi connectivity index (χ2n) is 2.39. The van der Waals surface area contributed by atoms with Crippen LogP contribution in [0, 0.1) is 0 Å². The van der Waals surface area contributed by atoms with Crippen LogP contribution in [0.2, 0.25) is 0 Å². The van der Waals surface area contributed by atoms with Gasteiger partial charge in [-0.1, -0.05) is 0 Å². The van der Waals surface area contributed by atoms with Crippen molar-refractivity contribution < 1.29 is 0 Å². The molecule has 1 N–H and O–H groups in total. The third-order valence-corrected chi connectivity index (χ3v) is 1.55. The molecular weight excluding hydrogens is 152 g/mol. The summed E-state index contributed by atoms with van der Waals surface area (Å²) in [5, 5.41) is 3.96. The van der Waals surface area contributed by atoms with Gasteiger partial charge in [-0.2, -0.15) is 5.10 Å². The van der Waals surface area contributed by atoms with Crippen molar-refractivity contribution in [2.75, 3.05) is 0 Å². The van der Waals surface area contributed by atoms with Gasteiger partial charge in [0.2, 0.25) is 0 Å². The summed E-state index contributed by atoms with van der Waals surface area (Å²) in [6.45, 7) is 0. The van der Waals surface area contributed by atoms with Crippen LogP contribution in [0.5, 0.6) is 0 Å². The lowest BCUT2D eigenvalue weighted by Gasteiger charge is -1.98. The van der Waals surface area contributed by atoms with E-state index in [4.69, 9.17) is 5.73 Å². The molecule has 12 heavy (non-hydrogen) atoms. The maximum absolute atomic E-state index is 7.27. The molecule has 0 bridgehead atoms. The van der Waals surface area contributed by atoms with Gasteiger partial charge in [0.05, 0.1) is 11.4 Å². The molecule has 0 aliphatic carbocycles. The smallest absolute Gasteiger partial charge is 0.138 e. The molecule has 0 spiro atoms. The van der Waals surface area contributed by atoms with Gasteiger partial charge < -0.3 is 5.73 Å². The number of hydrogen-bond acceptors (Lipinski definition) is 2. The zero-order valence-electron chi connectivity index (χ0n) is 6.31. The Morgan fingerprint density at radius 2 is 1.92 bits per heavy atom. The number of hydrogen-bond donors (Lipinski definition) is 0. The molecule has 1 heterocycles. The fraction of sp³-hybridized carbons (Fsp3) is 0. The fourth-order valence-corrected chi connectivity index (χ4v) is 0.956. The highest BCUT2D eigenvalue weighted by molar-refractivity contribution is 5.41. The van der Waals surface area contributed by atoms with Crippen molar-refractivity contribution in [1.82, 2.24) is 20.5 Å².